The molecular weight excluding hydrogens is 402 g/mol. The lowest BCUT2D eigenvalue weighted by molar-refractivity contribution is -0.0504. The number of alkyl halides is 2. The molecule has 3 aromatic rings. The van der Waals surface area contributed by atoms with Crippen molar-refractivity contribution in [2.45, 2.75) is 40.5 Å². The molecule has 0 atom stereocenters. The Balaban J connectivity index is 1.59. The fourth-order valence-electron chi connectivity index (χ4n) is 3.15. The van der Waals surface area contributed by atoms with Crippen LogP contribution in [0.1, 0.15) is 28.1 Å². The van der Waals surface area contributed by atoms with Gasteiger partial charge in [-0.15, -0.1) is 0 Å². The molecule has 0 saturated heterocycles. The molecule has 9 heteroatoms. The highest BCUT2D eigenvalue weighted by molar-refractivity contribution is 5.79. The maximum atomic E-state index is 12.6. The van der Waals surface area contributed by atoms with Crippen LogP contribution in [0.5, 0.6) is 5.75 Å². The van der Waals surface area contributed by atoms with Crippen molar-refractivity contribution in [2.24, 2.45) is 4.99 Å². The van der Waals surface area contributed by atoms with Gasteiger partial charge in [0.25, 0.3) is 0 Å². The smallest absolute Gasteiger partial charge is 0.387 e. The quantitative estimate of drug-likeness (QED) is 0.444. The number of aromatic nitrogens is 3. The van der Waals surface area contributed by atoms with E-state index in [9.17, 15) is 8.78 Å². The minimum atomic E-state index is -2.87. The monoisotopic (exact) mass is 428 g/mol. The van der Waals surface area contributed by atoms with E-state index in [0.717, 1.165) is 28.3 Å². The first-order valence-corrected chi connectivity index (χ1v) is 9.83. The van der Waals surface area contributed by atoms with Gasteiger partial charge >= 0.3 is 6.61 Å². The van der Waals surface area contributed by atoms with Crippen molar-refractivity contribution >= 4 is 5.96 Å². The van der Waals surface area contributed by atoms with E-state index in [-0.39, 0.29) is 5.75 Å². The van der Waals surface area contributed by atoms with E-state index < -0.39 is 6.61 Å². The van der Waals surface area contributed by atoms with Crippen molar-refractivity contribution < 1.29 is 13.5 Å². The van der Waals surface area contributed by atoms with Crippen LogP contribution in [0.25, 0.3) is 5.82 Å². The molecule has 0 aliphatic heterocycles. The second-order valence-electron chi connectivity index (χ2n) is 7.13. The third-order valence-electron chi connectivity index (χ3n) is 4.60. The molecule has 0 radical (unpaired) electrons. The Morgan fingerprint density at radius 3 is 2.48 bits per heavy atom. The van der Waals surface area contributed by atoms with Crippen molar-refractivity contribution in [1.82, 2.24) is 25.4 Å². The van der Waals surface area contributed by atoms with Crippen LogP contribution in [0.2, 0.25) is 0 Å². The number of benzene rings is 1. The van der Waals surface area contributed by atoms with Crippen molar-refractivity contribution in [3.8, 4) is 11.6 Å². The summed E-state index contributed by atoms with van der Waals surface area (Å²) in [5.74, 6) is 1.43. The molecular formula is C22H26F2N6O. The van der Waals surface area contributed by atoms with Gasteiger partial charge in [-0.3, -0.25) is 4.99 Å². The number of guanidine groups is 1. The van der Waals surface area contributed by atoms with Crippen LogP contribution in [0.4, 0.5) is 8.78 Å². The first kappa shape index (κ1) is 22.2. The summed E-state index contributed by atoms with van der Waals surface area (Å²) in [6.07, 6.45) is 1.78. The second kappa shape index (κ2) is 10.0. The first-order chi connectivity index (χ1) is 14.9. The predicted octanol–water partition coefficient (Wildman–Crippen LogP) is 3.66. The normalized spacial score (nSPS) is 11.6. The number of ether oxygens (including phenoxy) is 1. The summed E-state index contributed by atoms with van der Waals surface area (Å²) in [6, 6.07) is 11.0. The van der Waals surface area contributed by atoms with Gasteiger partial charge < -0.3 is 15.4 Å². The summed E-state index contributed by atoms with van der Waals surface area (Å²) in [7, 11) is 1.65. The summed E-state index contributed by atoms with van der Waals surface area (Å²) >= 11 is 0. The molecule has 0 aliphatic rings. The summed E-state index contributed by atoms with van der Waals surface area (Å²) in [4.78, 5) is 8.66. The van der Waals surface area contributed by atoms with E-state index in [1.807, 2.05) is 39.0 Å². The third-order valence-corrected chi connectivity index (χ3v) is 4.60. The van der Waals surface area contributed by atoms with Crippen LogP contribution in [-0.4, -0.2) is 34.4 Å². The van der Waals surface area contributed by atoms with Crippen molar-refractivity contribution in [2.75, 3.05) is 7.05 Å². The fraction of sp³-hybridized carbons (Fsp3) is 0.318. The van der Waals surface area contributed by atoms with E-state index in [0.29, 0.717) is 24.6 Å². The molecule has 31 heavy (non-hydrogen) atoms. The molecule has 0 amide bonds. The van der Waals surface area contributed by atoms with Gasteiger partial charge in [-0.05, 0) is 44.5 Å². The molecule has 164 valence electrons. The van der Waals surface area contributed by atoms with Crippen molar-refractivity contribution in [3.63, 3.8) is 0 Å². The van der Waals surface area contributed by atoms with Crippen LogP contribution in [0.15, 0.2) is 47.6 Å². The Bertz CT molecular complexity index is 1050. The Morgan fingerprint density at radius 1 is 1.10 bits per heavy atom. The van der Waals surface area contributed by atoms with Gasteiger partial charge in [0.1, 0.15) is 5.75 Å². The van der Waals surface area contributed by atoms with E-state index in [2.05, 4.69) is 30.4 Å². The third kappa shape index (κ3) is 6.00. The van der Waals surface area contributed by atoms with Crippen LogP contribution in [0, 0.1) is 20.8 Å². The molecule has 0 bridgehead atoms. The lowest BCUT2D eigenvalue weighted by Crippen LogP contribution is -2.36. The van der Waals surface area contributed by atoms with Gasteiger partial charge in [-0.2, -0.15) is 13.9 Å². The average Bonchev–Trinajstić information content (AvgIpc) is 3.08. The minimum absolute atomic E-state index is 0.146. The number of aryl methyl sites for hydroxylation is 3. The van der Waals surface area contributed by atoms with E-state index in [1.165, 1.54) is 0 Å². The molecule has 0 unspecified atom stereocenters. The molecule has 2 heterocycles. The number of rotatable bonds is 7. The lowest BCUT2D eigenvalue weighted by atomic mass is 10.1. The number of halogens is 2. The van der Waals surface area contributed by atoms with Gasteiger partial charge in [-0.25, -0.2) is 9.67 Å². The molecule has 2 aromatic heterocycles. The minimum Gasteiger partial charge on any atom is -0.434 e. The van der Waals surface area contributed by atoms with Crippen molar-refractivity contribution in [3.05, 3.63) is 70.7 Å². The standard InChI is InChI=1S/C22H26F2N6O/c1-14-5-7-19(31-21(23)24)18(9-14)13-28-22(25-4)27-12-17-6-8-20(26-11-17)30-16(3)10-15(2)29-30/h5-11,21H,12-13H2,1-4H3,(H2,25,27,28). The van der Waals surface area contributed by atoms with Crippen LogP contribution in [-0.2, 0) is 13.1 Å². The Hall–Kier alpha value is -3.49. The molecule has 0 aliphatic carbocycles. The second-order valence-corrected chi connectivity index (χ2v) is 7.13. The van der Waals surface area contributed by atoms with E-state index in [4.69, 9.17) is 0 Å². The molecule has 0 fully saturated rings. The topological polar surface area (TPSA) is 76.4 Å². The largest absolute Gasteiger partial charge is 0.434 e. The Morgan fingerprint density at radius 2 is 1.87 bits per heavy atom. The Labute approximate surface area is 180 Å². The number of nitrogens with zero attached hydrogens (tertiary/aromatic N) is 4. The molecule has 1 aromatic carbocycles. The molecule has 0 spiro atoms. The molecule has 2 N–H and O–H groups in total. The van der Waals surface area contributed by atoms with Gasteiger partial charge in [-0.1, -0.05) is 23.8 Å². The molecule has 7 nitrogen and oxygen atoms in total. The highest BCUT2D eigenvalue weighted by atomic mass is 19.3. The highest BCUT2D eigenvalue weighted by Gasteiger charge is 2.11. The SMILES string of the molecule is CN=C(NCc1ccc(-n2nc(C)cc2C)nc1)NCc1cc(C)ccc1OC(F)F. The highest BCUT2D eigenvalue weighted by Crippen LogP contribution is 2.22. The van der Waals surface area contributed by atoms with Gasteiger partial charge in [0.15, 0.2) is 11.8 Å². The first-order valence-electron chi connectivity index (χ1n) is 9.83. The number of hydrogen-bond donors (Lipinski definition) is 2. The zero-order chi connectivity index (χ0) is 22.4. The number of pyridine rings is 1. The van der Waals surface area contributed by atoms with Crippen LogP contribution in [0.3, 0.4) is 0 Å². The number of nitrogens with one attached hydrogen (secondary N) is 2. The average molecular weight is 428 g/mol. The number of aliphatic imine (C=N–C) groups is 1. The maximum absolute atomic E-state index is 12.6. The Kier molecular flexibility index (Phi) is 7.17. The summed E-state index contributed by atoms with van der Waals surface area (Å²) in [5.41, 5.74) is 4.50. The summed E-state index contributed by atoms with van der Waals surface area (Å²) < 4.78 is 31.7. The van der Waals surface area contributed by atoms with Gasteiger partial charge in [0, 0.05) is 37.6 Å². The fourth-order valence-corrected chi connectivity index (χ4v) is 3.15. The van der Waals surface area contributed by atoms with Crippen LogP contribution < -0.4 is 15.4 Å². The van der Waals surface area contributed by atoms with Crippen molar-refractivity contribution in [1.29, 1.82) is 0 Å². The van der Waals surface area contributed by atoms with E-state index in [1.54, 1.807) is 36.1 Å². The van der Waals surface area contributed by atoms with E-state index >= 15 is 0 Å². The maximum Gasteiger partial charge on any atom is 0.387 e. The zero-order valence-electron chi connectivity index (χ0n) is 18.0. The van der Waals surface area contributed by atoms with Gasteiger partial charge in [0.05, 0.1) is 5.69 Å². The zero-order valence-corrected chi connectivity index (χ0v) is 18.0. The summed E-state index contributed by atoms with van der Waals surface area (Å²) in [6.45, 7) is 3.74. The molecule has 3 rings (SSSR count). The molecule has 0 saturated carbocycles. The summed E-state index contributed by atoms with van der Waals surface area (Å²) in [5, 5.41) is 10.8. The predicted molar refractivity (Wildman–Crippen MR) is 116 cm³/mol. The van der Waals surface area contributed by atoms with Crippen LogP contribution >= 0.6 is 0 Å². The lowest BCUT2D eigenvalue weighted by Gasteiger charge is -2.15. The number of hydrogen-bond acceptors (Lipinski definition) is 4. The van der Waals surface area contributed by atoms with Gasteiger partial charge in [0.2, 0.25) is 0 Å².